The molecule has 1 aliphatic heterocycles. The van der Waals surface area contributed by atoms with Crippen molar-refractivity contribution in [2.24, 2.45) is 0 Å². The molecule has 116 valence electrons. The predicted molar refractivity (Wildman–Crippen MR) is 85.0 cm³/mol. The normalized spacial score (nSPS) is 25.1. The van der Waals surface area contributed by atoms with Crippen LogP contribution < -0.4 is 10.2 Å². The Balaban J connectivity index is 1.83. The molecular formula is C16H26N4O. The number of ether oxygens (including phenoxy) is 1. The third-order valence-corrected chi connectivity index (χ3v) is 4.42. The second kappa shape index (κ2) is 6.18. The summed E-state index contributed by atoms with van der Waals surface area (Å²) in [5.74, 6) is 3.55. The third-order valence-electron chi connectivity index (χ3n) is 4.42. The fourth-order valence-corrected chi connectivity index (χ4v) is 2.90. The highest BCUT2D eigenvalue weighted by molar-refractivity contribution is 5.50. The molecule has 1 aliphatic carbocycles. The molecule has 1 aromatic rings. The lowest BCUT2D eigenvalue weighted by Crippen LogP contribution is -2.37. The van der Waals surface area contributed by atoms with Gasteiger partial charge in [-0.05, 0) is 32.6 Å². The highest BCUT2D eigenvalue weighted by Crippen LogP contribution is 2.39. The molecule has 2 unspecified atom stereocenters. The van der Waals surface area contributed by atoms with Gasteiger partial charge in [0.25, 0.3) is 0 Å². The summed E-state index contributed by atoms with van der Waals surface area (Å²) in [6.45, 7) is 6.11. The maximum atomic E-state index is 5.69. The zero-order chi connectivity index (χ0) is 14.8. The van der Waals surface area contributed by atoms with Crippen molar-refractivity contribution in [1.82, 2.24) is 9.97 Å². The van der Waals surface area contributed by atoms with Gasteiger partial charge < -0.3 is 15.0 Å². The molecule has 0 spiro atoms. The van der Waals surface area contributed by atoms with Crippen LogP contribution in [0.5, 0.6) is 0 Å². The van der Waals surface area contributed by atoms with E-state index in [9.17, 15) is 0 Å². The van der Waals surface area contributed by atoms with Crippen LogP contribution in [0.2, 0.25) is 0 Å². The lowest BCUT2D eigenvalue weighted by molar-refractivity contribution is 0.118. The smallest absolute Gasteiger partial charge is 0.136 e. The van der Waals surface area contributed by atoms with E-state index in [0.717, 1.165) is 43.5 Å². The topological polar surface area (TPSA) is 50.3 Å². The maximum Gasteiger partial charge on any atom is 0.136 e. The van der Waals surface area contributed by atoms with Gasteiger partial charge in [0, 0.05) is 32.2 Å². The minimum atomic E-state index is 0.265. The Labute approximate surface area is 127 Å². The Bertz CT molecular complexity index is 489. The van der Waals surface area contributed by atoms with Crippen LogP contribution >= 0.6 is 0 Å². The van der Waals surface area contributed by atoms with E-state index in [1.165, 1.54) is 12.8 Å². The lowest BCUT2D eigenvalue weighted by atomic mass is 10.1. The van der Waals surface area contributed by atoms with Crippen LogP contribution in [0.3, 0.4) is 0 Å². The Morgan fingerprint density at radius 2 is 2.14 bits per heavy atom. The molecule has 21 heavy (non-hydrogen) atoms. The zero-order valence-electron chi connectivity index (χ0n) is 13.3. The van der Waals surface area contributed by atoms with Crippen LogP contribution in [0.15, 0.2) is 6.07 Å². The van der Waals surface area contributed by atoms with Gasteiger partial charge >= 0.3 is 0 Å². The van der Waals surface area contributed by atoms with E-state index in [4.69, 9.17) is 9.72 Å². The molecule has 5 nitrogen and oxygen atoms in total. The second-order valence-corrected chi connectivity index (χ2v) is 6.21. The molecule has 1 saturated heterocycles. The summed E-state index contributed by atoms with van der Waals surface area (Å²) in [7, 11) is 2.12. The number of nitrogens with one attached hydrogen (secondary N) is 1. The highest BCUT2D eigenvalue weighted by atomic mass is 16.5. The first-order chi connectivity index (χ1) is 10.2. The van der Waals surface area contributed by atoms with Gasteiger partial charge in [-0.15, -0.1) is 0 Å². The first kappa shape index (κ1) is 14.6. The molecular weight excluding hydrogens is 264 g/mol. The summed E-state index contributed by atoms with van der Waals surface area (Å²) < 4.78 is 5.69. The molecule has 2 atom stereocenters. The molecule has 1 aromatic heterocycles. The van der Waals surface area contributed by atoms with Crippen molar-refractivity contribution in [3.05, 3.63) is 11.9 Å². The number of hydrogen-bond acceptors (Lipinski definition) is 5. The van der Waals surface area contributed by atoms with Crippen molar-refractivity contribution in [3.8, 4) is 0 Å². The average Bonchev–Trinajstić information content (AvgIpc) is 3.26. The molecule has 2 fully saturated rings. The molecule has 2 heterocycles. The number of aromatic nitrogens is 2. The molecule has 1 saturated carbocycles. The fraction of sp³-hybridized carbons (Fsp3) is 0.750. The summed E-state index contributed by atoms with van der Waals surface area (Å²) in [5, 5.41) is 3.41. The van der Waals surface area contributed by atoms with Gasteiger partial charge in [0.1, 0.15) is 17.5 Å². The molecule has 2 aliphatic rings. The zero-order valence-corrected chi connectivity index (χ0v) is 13.3. The summed E-state index contributed by atoms with van der Waals surface area (Å²) in [5.41, 5.74) is 0. The van der Waals surface area contributed by atoms with Crippen LogP contribution in [0.25, 0.3) is 0 Å². The maximum absolute atomic E-state index is 5.69. The molecule has 5 heteroatoms. The number of likely N-dealkylation sites (N-methyl/N-ethyl adjacent to an activating group) is 1. The van der Waals surface area contributed by atoms with Gasteiger partial charge in [0.05, 0.1) is 12.1 Å². The van der Waals surface area contributed by atoms with E-state index in [-0.39, 0.29) is 6.10 Å². The highest BCUT2D eigenvalue weighted by Gasteiger charge is 2.31. The predicted octanol–water partition coefficient (Wildman–Crippen LogP) is 2.79. The molecule has 1 N–H and O–H groups in total. The van der Waals surface area contributed by atoms with Gasteiger partial charge in [-0.25, -0.2) is 9.97 Å². The van der Waals surface area contributed by atoms with Crippen molar-refractivity contribution in [2.75, 3.05) is 30.4 Å². The van der Waals surface area contributed by atoms with Crippen LogP contribution in [0, 0.1) is 0 Å². The van der Waals surface area contributed by atoms with Gasteiger partial charge in [-0.2, -0.15) is 0 Å². The van der Waals surface area contributed by atoms with E-state index in [1.54, 1.807) is 0 Å². The molecule has 0 aromatic carbocycles. The van der Waals surface area contributed by atoms with E-state index in [1.807, 2.05) is 0 Å². The van der Waals surface area contributed by atoms with Crippen molar-refractivity contribution in [2.45, 2.75) is 57.6 Å². The first-order valence-electron chi connectivity index (χ1n) is 8.16. The van der Waals surface area contributed by atoms with Crippen LogP contribution in [-0.2, 0) is 4.74 Å². The monoisotopic (exact) mass is 290 g/mol. The van der Waals surface area contributed by atoms with Crippen molar-refractivity contribution >= 4 is 11.6 Å². The number of nitrogens with zero attached hydrogens (tertiary/aromatic N) is 3. The Morgan fingerprint density at radius 1 is 1.33 bits per heavy atom. The first-order valence-corrected chi connectivity index (χ1v) is 8.16. The summed E-state index contributed by atoms with van der Waals surface area (Å²) in [6, 6.07) is 2.48. The van der Waals surface area contributed by atoms with Gasteiger partial charge in [-0.1, -0.05) is 6.92 Å². The summed E-state index contributed by atoms with van der Waals surface area (Å²) >= 11 is 0. The van der Waals surface area contributed by atoms with E-state index < -0.39 is 0 Å². The largest absolute Gasteiger partial charge is 0.376 e. The van der Waals surface area contributed by atoms with Crippen molar-refractivity contribution in [3.63, 3.8) is 0 Å². The molecule has 3 rings (SSSR count). The number of hydrogen-bond donors (Lipinski definition) is 1. The fourth-order valence-electron chi connectivity index (χ4n) is 2.90. The van der Waals surface area contributed by atoms with Crippen molar-refractivity contribution in [1.29, 1.82) is 0 Å². The van der Waals surface area contributed by atoms with Gasteiger partial charge in [0.2, 0.25) is 0 Å². The molecule has 0 radical (unpaired) electrons. The van der Waals surface area contributed by atoms with Gasteiger partial charge in [0.15, 0.2) is 0 Å². The quantitative estimate of drug-likeness (QED) is 0.873. The van der Waals surface area contributed by atoms with E-state index >= 15 is 0 Å². The average molecular weight is 290 g/mol. The molecule has 0 amide bonds. The van der Waals surface area contributed by atoms with Crippen LogP contribution in [-0.4, -0.2) is 42.3 Å². The minimum Gasteiger partial charge on any atom is -0.376 e. The SMILES string of the molecule is CCCNc1cc(N(C)C2CCOC2C)nc(C2CC2)n1. The van der Waals surface area contributed by atoms with Crippen LogP contribution in [0.4, 0.5) is 11.6 Å². The van der Waals surface area contributed by atoms with Crippen LogP contribution in [0.1, 0.15) is 51.3 Å². The minimum absolute atomic E-state index is 0.265. The Hall–Kier alpha value is -1.36. The Morgan fingerprint density at radius 3 is 2.76 bits per heavy atom. The van der Waals surface area contributed by atoms with Crippen molar-refractivity contribution < 1.29 is 4.74 Å². The standard InChI is InChI=1S/C16H26N4O/c1-4-8-17-14-10-15(19-16(18-14)12-5-6-12)20(3)13-7-9-21-11(13)2/h10-13H,4-9H2,1-3H3,(H,17,18,19). The third kappa shape index (κ3) is 3.28. The number of anilines is 2. The van der Waals surface area contributed by atoms with Gasteiger partial charge in [-0.3, -0.25) is 0 Å². The Kier molecular flexibility index (Phi) is 4.29. The second-order valence-electron chi connectivity index (χ2n) is 6.21. The summed E-state index contributed by atoms with van der Waals surface area (Å²) in [4.78, 5) is 11.7. The molecule has 0 bridgehead atoms. The lowest BCUT2D eigenvalue weighted by Gasteiger charge is -2.28. The summed E-state index contributed by atoms with van der Waals surface area (Å²) in [6.07, 6.45) is 4.88. The van der Waals surface area contributed by atoms with E-state index in [2.05, 4.69) is 42.2 Å². The van der Waals surface area contributed by atoms with E-state index in [0.29, 0.717) is 12.0 Å². The number of rotatable bonds is 6.